The minimum atomic E-state index is -1.21. The highest BCUT2D eigenvalue weighted by Crippen LogP contribution is 2.14. The van der Waals surface area contributed by atoms with E-state index in [1.165, 1.54) is 12.1 Å². The molecule has 3 rings (SSSR count). The third-order valence-corrected chi connectivity index (χ3v) is 4.45. The lowest BCUT2D eigenvalue weighted by Crippen LogP contribution is -2.43. The predicted octanol–water partition coefficient (Wildman–Crippen LogP) is 1.73. The number of benzene rings is 2. The Bertz CT molecular complexity index is 979. The van der Waals surface area contributed by atoms with Crippen LogP contribution in [0.3, 0.4) is 0 Å². The Morgan fingerprint density at radius 3 is 2.03 bits per heavy atom. The third-order valence-electron chi connectivity index (χ3n) is 4.45. The number of hydrogen-bond acceptors (Lipinski definition) is 8. The molecule has 1 aliphatic rings. The Kier molecular flexibility index (Phi) is 7.65. The molecule has 2 aromatic carbocycles. The maximum atomic E-state index is 12.5. The van der Waals surface area contributed by atoms with Crippen molar-refractivity contribution in [1.82, 2.24) is 15.4 Å². The Hall–Kier alpha value is -4.05. The van der Waals surface area contributed by atoms with Crippen LogP contribution in [0.25, 0.3) is 0 Å². The van der Waals surface area contributed by atoms with Crippen LogP contribution in [0.5, 0.6) is 0 Å². The van der Waals surface area contributed by atoms with Crippen molar-refractivity contribution in [2.75, 3.05) is 19.6 Å². The van der Waals surface area contributed by atoms with Crippen molar-refractivity contribution in [2.24, 2.45) is 0 Å². The Morgan fingerprint density at radius 2 is 1.44 bits per heavy atom. The summed E-state index contributed by atoms with van der Waals surface area (Å²) in [7, 11) is 0. The van der Waals surface area contributed by atoms with Gasteiger partial charge in [-0.3, -0.25) is 14.4 Å². The first-order valence-corrected chi connectivity index (χ1v) is 9.87. The van der Waals surface area contributed by atoms with E-state index in [9.17, 15) is 24.0 Å². The summed E-state index contributed by atoms with van der Waals surface area (Å²) < 4.78 is 0. The highest BCUT2D eigenvalue weighted by molar-refractivity contribution is 6.01. The van der Waals surface area contributed by atoms with Crippen LogP contribution in [-0.2, 0) is 19.3 Å². The van der Waals surface area contributed by atoms with E-state index in [0.717, 1.165) is 0 Å². The van der Waals surface area contributed by atoms with Gasteiger partial charge in [-0.05, 0) is 12.1 Å². The maximum Gasteiger partial charge on any atom is 0.468 e. The molecule has 2 aromatic rings. The molecule has 0 bridgehead atoms. The second-order valence-corrected chi connectivity index (χ2v) is 6.75. The SMILES string of the molecule is O=C(CNCCN(OC(=O)c1ccccc1)C(=O)ON1C(=O)CCC1=O)c1ccccc1. The molecule has 10 nitrogen and oxygen atoms in total. The van der Waals surface area contributed by atoms with Crippen molar-refractivity contribution < 1.29 is 33.6 Å². The van der Waals surface area contributed by atoms with Crippen molar-refractivity contribution in [3.8, 4) is 0 Å². The van der Waals surface area contributed by atoms with Gasteiger partial charge in [0.25, 0.3) is 11.8 Å². The molecule has 1 N–H and O–H groups in total. The summed E-state index contributed by atoms with van der Waals surface area (Å²) in [5.74, 6) is -2.32. The second-order valence-electron chi connectivity index (χ2n) is 6.75. The largest absolute Gasteiger partial charge is 0.468 e. The molecule has 0 spiro atoms. The summed E-state index contributed by atoms with van der Waals surface area (Å²) in [6.07, 6.45) is -1.35. The van der Waals surface area contributed by atoms with Gasteiger partial charge in [0.05, 0.1) is 18.7 Å². The van der Waals surface area contributed by atoms with Crippen molar-refractivity contribution in [2.45, 2.75) is 12.8 Å². The lowest BCUT2D eigenvalue weighted by Gasteiger charge is -2.22. The first kappa shape index (κ1) is 22.6. The van der Waals surface area contributed by atoms with Gasteiger partial charge in [-0.15, -0.1) is 10.1 Å². The van der Waals surface area contributed by atoms with Gasteiger partial charge in [-0.2, -0.15) is 0 Å². The minimum Gasteiger partial charge on any atom is -0.330 e. The van der Waals surface area contributed by atoms with Crippen molar-refractivity contribution in [3.63, 3.8) is 0 Å². The Morgan fingerprint density at radius 1 is 0.875 bits per heavy atom. The maximum absolute atomic E-state index is 12.5. The molecular formula is C22H21N3O7. The molecule has 32 heavy (non-hydrogen) atoms. The van der Waals surface area contributed by atoms with Crippen LogP contribution in [0, 0.1) is 0 Å². The molecule has 1 heterocycles. The number of carbonyl (C=O) groups excluding carboxylic acids is 5. The lowest BCUT2D eigenvalue weighted by molar-refractivity contribution is -0.183. The third kappa shape index (κ3) is 5.99. The second kappa shape index (κ2) is 10.8. The minimum absolute atomic E-state index is 0.0113. The van der Waals surface area contributed by atoms with Gasteiger partial charge in [-0.25, -0.2) is 9.59 Å². The first-order valence-electron chi connectivity index (χ1n) is 9.87. The summed E-state index contributed by atoms with van der Waals surface area (Å²) in [4.78, 5) is 70.4. The summed E-state index contributed by atoms with van der Waals surface area (Å²) in [6.45, 7) is -0.143. The van der Waals surface area contributed by atoms with Gasteiger partial charge in [0.15, 0.2) is 5.78 Å². The van der Waals surface area contributed by atoms with E-state index in [1.54, 1.807) is 48.5 Å². The Balaban J connectivity index is 1.59. The molecule has 10 heteroatoms. The number of rotatable bonds is 8. The molecule has 1 aliphatic heterocycles. The normalized spacial score (nSPS) is 13.1. The fourth-order valence-electron chi connectivity index (χ4n) is 2.79. The van der Waals surface area contributed by atoms with E-state index in [-0.39, 0.29) is 43.8 Å². The zero-order valence-electron chi connectivity index (χ0n) is 17.1. The van der Waals surface area contributed by atoms with E-state index in [0.29, 0.717) is 15.7 Å². The summed E-state index contributed by atoms with van der Waals surface area (Å²) in [5.41, 5.74) is 0.712. The molecule has 0 saturated carbocycles. The molecule has 166 valence electrons. The number of nitrogens with zero attached hydrogens (tertiary/aromatic N) is 2. The highest BCUT2D eigenvalue weighted by atomic mass is 16.8. The van der Waals surface area contributed by atoms with Gasteiger partial charge in [0.2, 0.25) is 0 Å². The van der Waals surface area contributed by atoms with Crippen LogP contribution in [0.1, 0.15) is 33.6 Å². The Labute approximate surface area is 183 Å². The number of Topliss-reactive ketones (excluding diaryl/α,β-unsaturated/α-hetero) is 1. The van der Waals surface area contributed by atoms with Gasteiger partial charge < -0.3 is 15.0 Å². The molecule has 0 atom stereocenters. The van der Waals surface area contributed by atoms with Crippen LogP contribution >= 0.6 is 0 Å². The van der Waals surface area contributed by atoms with E-state index < -0.39 is 23.9 Å². The number of hydrogen-bond donors (Lipinski definition) is 1. The van der Waals surface area contributed by atoms with Crippen molar-refractivity contribution >= 4 is 29.7 Å². The zero-order chi connectivity index (χ0) is 22.9. The molecule has 0 radical (unpaired) electrons. The standard InChI is InChI=1S/C22H21N3O7/c26-18(16-7-3-1-4-8-16)15-23-13-14-24(31-21(29)17-9-5-2-6-10-17)22(30)32-25-19(27)11-12-20(25)28/h1-10,23H,11-15H2. The number of hydroxylamine groups is 4. The van der Waals surface area contributed by atoms with Crippen LogP contribution in [0.15, 0.2) is 60.7 Å². The van der Waals surface area contributed by atoms with Crippen molar-refractivity contribution in [3.05, 3.63) is 71.8 Å². The van der Waals surface area contributed by atoms with Gasteiger partial charge in [-0.1, -0.05) is 48.5 Å². The van der Waals surface area contributed by atoms with Gasteiger partial charge in [0, 0.05) is 24.9 Å². The van der Waals surface area contributed by atoms with Crippen molar-refractivity contribution in [1.29, 1.82) is 0 Å². The average Bonchev–Trinajstić information content (AvgIpc) is 3.13. The number of amides is 3. The molecule has 1 saturated heterocycles. The van der Waals surface area contributed by atoms with E-state index in [2.05, 4.69) is 5.32 Å². The first-order chi connectivity index (χ1) is 15.5. The number of carbonyl (C=O) groups is 5. The number of nitrogens with one attached hydrogen (secondary N) is 1. The fourth-order valence-corrected chi connectivity index (χ4v) is 2.79. The van der Waals surface area contributed by atoms with E-state index in [4.69, 9.17) is 9.68 Å². The zero-order valence-corrected chi connectivity index (χ0v) is 17.1. The smallest absolute Gasteiger partial charge is 0.330 e. The highest BCUT2D eigenvalue weighted by Gasteiger charge is 2.35. The topological polar surface area (TPSA) is 122 Å². The molecule has 1 fully saturated rings. The van der Waals surface area contributed by atoms with E-state index >= 15 is 0 Å². The summed E-state index contributed by atoms with van der Waals surface area (Å²) in [5, 5.41) is 3.81. The monoisotopic (exact) mass is 439 g/mol. The van der Waals surface area contributed by atoms with Gasteiger partial charge >= 0.3 is 12.1 Å². The molecular weight excluding hydrogens is 418 g/mol. The lowest BCUT2D eigenvalue weighted by atomic mass is 10.1. The molecule has 0 aliphatic carbocycles. The molecule has 3 amide bonds. The predicted molar refractivity (Wildman–Crippen MR) is 110 cm³/mol. The fraction of sp³-hybridized carbons (Fsp3) is 0.227. The van der Waals surface area contributed by atoms with E-state index in [1.807, 2.05) is 0 Å². The average molecular weight is 439 g/mol. The van der Waals surface area contributed by atoms with Crippen LogP contribution in [-0.4, -0.2) is 59.4 Å². The number of ketones is 1. The summed E-state index contributed by atoms with van der Waals surface area (Å²) in [6, 6.07) is 16.6. The van der Waals surface area contributed by atoms with Crippen LogP contribution < -0.4 is 5.32 Å². The van der Waals surface area contributed by atoms with Crippen LogP contribution in [0.4, 0.5) is 4.79 Å². The van der Waals surface area contributed by atoms with Gasteiger partial charge in [0.1, 0.15) is 0 Å². The molecule has 0 aromatic heterocycles. The number of imide groups is 1. The van der Waals surface area contributed by atoms with Crippen LogP contribution in [0.2, 0.25) is 0 Å². The summed E-state index contributed by atoms with van der Waals surface area (Å²) >= 11 is 0. The quantitative estimate of drug-likeness (QED) is 0.286. The molecule has 0 unspecified atom stereocenters.